The van der Waals surface area contributed by atoms with Crippen molar-refractivity contribution in [1.82, 2.24) is 10.2 Å². The van der Waals surface area contributed by atoms with Crippen molar-refractivity contribution in [2.45, 2.75) is 25.8 Å². The van der Waals surface area contributed by atoms with Gasteiger partial charge in [-0.05, 0) is 49.0 Å². The van der Waals surface area contributed by atoms with Gasteiger partial charge in [0.1, 0.15) is 0 Å². The molecule has 1 aromatic rings. The van der Waals surface area contributed by atoms with Gasteiger partial charge in [0.15, 0.2) is 0 Å². The zero-order chi connectivity index (χ0) is 14.2. The third-order valence-electron chi connectivity index (χ3n) is 4.43. The lowest BCUT2D eigenvalue weighted by atomic mass is 9.78. The summed E-state index contributed by atoms with van der Waals surface area (Å²) in [6.45, 7) is 3.54. The second-order valence-electron chi connectivity index (χ2n) is 5.93. The molecule has 2 heterocycles. The topological polar surface area (TPSA) is 32.3 Å². The highest BCUT2D eigenvalue weighted by Crippen LogP contribution is 2.40. The van der Waals surface area contributed by atoms with Crippen molar-refractivity contribution in [1.29, 1.82) is 0 Å². The minimum atomic E-state index is 0.193. The molecular weight excluding hydrogens is 295 g/mol. The Balaban J connectivity index is 1.71. The van der Waals surface area contributed by atoms with Crippen LogP contribution in [0.15, 0.2) is 18.2 Å². The molecule has 108 valence electrons. The van der Waals surface area contributed by atoms with Crippen LogP contribution in [0.4, 0.5) is 0 Å². The molecule has 2 aliphatic rings. The zero-order valence-electron chi connectivity index (χ0n) is 11.3. The highest BCUT2D eigenvalue weighted by atomic mass is 35.5. The van der Waals surface area contributed by atoms with Gasteiger partial charge in [0.25, 0.3) is 0 Å². The van der Waals surface area contributed by atoms with E-state index < -0.39 is 0 Å². The fraction of sp³-hybridized carbons (Fsp3) is 0.533. The predicted molar refractivity (Wildman–Crippen MR) is 81.0 cm³/mol. The first-order chi connectivity index (χ1) is 9.58. The molecule has 0 aliphatic carbocycles. The van der Waals surface area contributed by atoms with E-state index in [2.05, 4.69) is 5.32 Å². The number of nitrogens with one attached hydrogen (secondary N) is 1. The number of hydrogen-bond donors (Lipinski definition) is 1. The fourth-order valence-corrected chi connectivity index (χ4v) is 3.60. The molecule has 0 aromatic heterocycles. The molecule has 0 bridgehead atoms. The number of halogens is 2. The number of hydrogen-bond acceptors (Lipinski definition) is 2. The van der Waals surface area contributed by atoms with Gasteiger partial charge in [-0.3, -0.25) is 4.79 Å². The van der Waals surface area contributed by atoms with E-state index in [4.69, 9.17) is 23.2 Å². The van der Waals surface area contributed by atoms with Crippen LogP contribution < -0.4 is 5.32 Å². The fourth-order valence-electron chi connectivity index (χ4n) is 3.28. The van der Waals surface area contributed by atoms with Crippen LogP contribution in [0.1, 0.15) is 24.8 Å². The number of likely N-dealkylation sites (tertiary alicyclic amines) is 1. The zero-order valence-corrected chi connectivity index (χ0v) is 12.8. The Hall–Kier alpha value is -0.770. The molecule has 3 nitrogen and oxygen atoms in total. The van der Waals surface area contributed by atoms with Gasteiger partial charge in [0.2, 0.25) is 5.91 Å². The average molecular weight is 313 g/mol. The number of carbonyl (C=O) groups is 1. The molecule has 1 N–H and O–H groups in total. The third-order valence-corrected chi connectivity index (χ3v) is 5.17. The Labute approximate surface area is 129 Å². The van der Waals surface area contributed by atoms with Crippen LogP contribution >= 0.6 is 23.2 Å². The van der Waals surface area contributed by atoms with Gasteiger partial charge < -0.3 is 10.2 Å². The number of carbonyl (C=O) groups excluding carboxylic acids is 1. The molecule has 2 fully saturated rings. The Morgan fingerprint density at radius 3 is 2.65 bits per heavy atom. The van der Waals surface area contributed by atoms with E-state index >= 15 is 0 Å². The summed E-state index contributed by atoms with van der Waals surface area (Å²) in [6, 6.07) is 5.58. The first kappa shape index (κ1) is 14.2. The van der Waals surface area contributed by atoms with Gasteiger partial charge in [-0.1, -0.05) is 29.3 Å². The van der Waals surface area contributed by atoms with Crippen molar-refractivity contribution in [2.75, 3.05) is 19.6 Å². The minimum Gasteiger partial charge on any atom is -0.338 e. The molecular formula is C15H18Cl2N2O. The van der Waals surface area contributed by atoms with E-state index in [1.807, 2.05) is 17.0 Å². The van der Waals surface area contributed by atoms with Gasteiger partial charge in [-0.2, -0.15) is 0 Å². The molecule has 1 spiro atoms. The Bertz CT molecular complexity index is 527. The van der Waals surface area contributed by atoms with Crippen molar-refractivity contribution in [3.8, 4) is 0 Å². The normalized spacial score (nSPS) is 21.7. The molecule has 0 radical (unpaired) electrons. The summed E-state index contributed by atoms with van der Waals surface area (Å²) in [6.07, 6.45) is 2.88. The summed E-state index contributed by atoms with van der Waals surface area (Å²) in [5, 5.41) is 4.47. The number of piperidine rings is 1. The maximum absolute atomic E-state index is 12.3. The molecule has 0 saturated carbocycles. The maximum Gasteiger partial charge on any atom is 0.223 e. The molecule has 20 heavy (non-hydrogen) atoms. The highest BCUT2D eigenvalue weighted by Gasteiger charge is 2.43. The standard InChI is InChI=1S/C15H18Cl2N2O/c16-12-2-1-11(7-13(12)17)9-19-10-15(8-14(19)20)3-5-18-6-4-15/h1-2,7,18H,3-6,8-10H2. The van der Waals surface area contributed by atoms with E-state index in [9.17, 15) is 4.79 Å². The smallest absolute Gasteiger partial charge is 0.223 e. The minimum absolute atomic E-state index is 0.193. The summed E-state index contributed by atoms with van der Waals surface area (Å²) < 4.78 is 0. The molecule has 0 unspecified atom stereocenters. The summed E-state index contributed by atoms with van der Waals surface area (Å²) in [5.74, 6) is 0.262. The van der Waals surface area contributed by atoms with Gasteiger partial charge in [0.05, 0.1) is 10.0 Å². The second kappa shape index (κ2) is 5.55. The Morgan fingerprint density at radius 2 is 1.95 bits per heavy atom. The summed E-state index contributed by atoms with van der Waals surface area (Å²) in [4.78, 5) is 14.2. The largest absolute Gasteiger partial charge is 0.338 e. The van der Waals surface area contributed by atoms with E-state index in [0.29, 0.717) is 23.0 Å². The highest BCUT2D eigenvalue weighted by molar-refractivity contribution is 6.42. The Kier molecular flexibility index (Phi) is 3.93. The summed E-state index contributed by atoms with van der Waals surface area (Å²) in [7, 11) is 0. The lowest BCUT2D eigenvalue weighted by Crippen LogP contribution is -2.38. The van der Waals surface area contributed by atoms with E-state index in [1.165, 1.54) is 0 Å². The molecule has 2 saturated heterocycles. The van der Waals surface area contributed by atoms with Crippen molar-refractivity contribution >= 4 is 29.1 Å². The average Bonchev–Trinajstić information content (AvgIpc) is 2.71. The SMILES string of the molecule is O=C1CC2(CCNCC2)CN1Cc1ccc(Cl)c(Cl)c1. The Morgan fingerprint density at radius 1 is 1.20 bits per heavy atom. The lowest BCUT2D eigenvalue weighted by molar-refractivity contribution is -0.128. The van der Waals surface area contributed by atoms with Crippen LogP contribution in [0.2, 0.25) is 10.0 Å². The van der Waals surface area contributed by atoms with Crippen LogP contribution in [0.5, 0.6) is 0 Å². The number of nitrogens with zero attached hydrogens (tertiary/aromatic N) is 1. The molecule has 5 heteroatoms. The van der Waals surface area contributed by atoms with Crippen LogP contribution in [0, 0.1) is 5.41 Å². The van der Waals surface area contributed by atoms with Crippen molar-refractivity contribution in [3.05, 3.63) is 33.8 Å². The van der Waals surface area contributed by atoms with Crippen molar-refractivity contribution in [3.63, 3.8) is 0 Å². The molecule has 2 aliphatic heterocycles. The first-order valence-corrected chi connectivity index (χ1v) is 7.76. The van der Waals surface area contributed by atoms with E-state index in [0.717, 1.165) is 38.0 Å². The first-order valence-electron chi connectivity index (χ1n) is 7.00. The van der Waals surface area contributed by atoms with Gasteiger partial charge in [-0.25, -0.2) is 0 Å². The maximum atomic E-state index is 12.3. The summed E-state index contributed by atoms with van der Waals surface area (Å²) >= 11 is 12.0. The van der Waals surface area contributed by atoms with E-state index in [-0.39, 0.29) is 11.3 Å². The molecule has 1 amide bonds. The number of benzene rings is 1. The van der Waals surface area contributed by atoms with Crippen LogP contribution in [-0.4, -0.2) is 30.4 Å². The number of amides is 1. The van der Waals surface area contributed by atoms with Gasteiger partial charge in [-0.15, -0.1) is 0 Å². The number of rotatable bonds is 2. The third kappa shape index (κ3) is 2.80. The van der Waals surface area contributed by atoms with Gasteiger partial charge >= 0.3 is 0 Å². The monoisotopic (exact) mass is 312 g/mol. The predicted octanol–water partition coefficient (Wildman–Crippen LogP) is 3.10. The van der Waals surface area contributed by atoms with Crippen molar-refractivity contribution in [2.24, 2.45) is 5.41 Å². The van der Waals surface area contributed by atoms with Crippen LogP contribution in [-0.2, 0) is 11.3 Å². The molecule has 1 aromatic carbocycles. The van der Waals surface area contributed by atoms with E-state index in [1.54, 1.807) is 6.07 Å². The molecule has 0 atom stereocenters. The second-order valence-corrected chi connectivity index (χ2v) is 6.74. The van der Waals surface area contributed by atoms with Crippen LogP contribution in [0.3, 0.4) is 0 Å². The van der Waals surface area contributed by atoms with Crippen LogP contribution in [0.25, 0.3) is 0 Å². The summed E-state index contributed by atoms with van der Waals surface area (Å²) in [5.41, 5.74) is 1.23. The van der Waals surface area contributed by atoms with Crippen molar-refractivity contribution < 1.29 is 4.79 Å². The molecule has 3 rings (SSSR count). The lowest BCUT2D eigenvalue weighted by Gasteiger charge is -2.33. The quantitative estimate of drug-likeness (QED) is 0.910. The van der Waals surface area contributed by atoms with Gasteiger partial charge in [0, 0.05) is 19.5 Å².